The average molecular weight is 482 g/mol. The molecule has 2 heterocycles. The molecule has 13 nitrogen and oxygen atoms in total. The van der Waals surface area contributed by atoms with E-state index in [9.17, 15) is 51.1 Å². The van der Waals surface area contributed by atoms with Crippen LogP contribution in [-0.2, 0) is 9.47 Å². The zero-order chi connectivity index (χ0) is 24.9. The minimum Gasteiger partial charge on any atom is -0.508 e. The van der Waals surface area contributed by atoms with E-state index in [0.717, 1.165) is 24.3 Å². The lowest BCUT2D eigenvalue weighted by molar-refractivity contribution is -0.311. The van der Waals surface area contributed by atoms with Gasteiger partial charge in [-0.25, -0.2) is 0 Å². The quantitative estimate of drug-likeness (QED) is 0.245. The summed E-state index contributed by atoms with van der Waals surface area (Å²) in [4.78, 5) is 0. The van der Waals surface area contributed by atoms with Gasteiger partial charge in [-0.15, -0.1) is 0 Å². The van der Waals surface area contributed by atoms with Crippen LogP contribution < -0.4 is 4.74 Å². The lowest BCUT2D eigenvalue weighted by Gasteiger charge is -2.41. The van der Waals surface area contributed by atoms with Crippen LogP contribution in [0.5, 0.6) is 34.5 Å². The van der Waals surface area contributed by atoms with E-state index < -0.39 is 83.7 Å². The number of benzene rings is 2. The zero-order valence-corrected chi connectivity index (χ0v) is 17.2. The number of aliphatic hydroxyl groups is 5. The summed E-state index contributed by atoms with van der Waals surface area (Å²) in [5.41, 5.74) is -0.371. The number of hydrogen-bond acceptors (Lipinski definition) is 13. The number of rotatable bonds is 4. The monoisotopic (exact) mass is 482 g/mol. The summed E-state index contributed by atoms with van der Waals surface area (Å²) in [6.07, 6.45) is -10.0. The van der Waals surface area contributed by atoms with E-state index >= 15 is 0 Å². The normalized spacial score (nSPS) is 28.9. The second kappa shape index (κ2) is 8.72. The molecule has 184 valence electrons. The molecule has 0 spiro atoms. The molecule has 2 unspecified atom stereocenters. The van der Waals surface area contributed by atoms with Gasteiger partial charge in [-0.1, -0.05) is 0 Å². The topological polar surface area (TPSA) is 230 Å². The number of phenolic OH excluding ortho intramolecular Hbond substituents is 5. The van der Waals surface area contributed by atoms with E-state index in [-0.39, 0.29) is 16.9 Å². The molecule has 1 fully saturated rings. The van der Waals surface area contributed by atoms with Gasteiger partial charge in [-0.3, -0.25) is 0 Å². The number of fused-ring (bicyclic) bond motifs is 1. The first kappa shape index (κ1) is 23.7. The van der Waals surface area contributed by atoms with Gasteiger partial charge in [-0.2, -0.15) is 0 Å². The molecule has 13 heteroatoms. The van der Waals surface area contributed by atoms with Crippen LogP contribution in [0.1, 0.15) is 17.2 Å². The summed E-state index contributed by atoms with van der Waals surface area (Å²) in [7, 11) is 0. The number of ether oxygens (including phenoxy) is 3. The molecule has 0 amide bonds. The third-order valence-corrected chi connectivity index (χ3v) is 5.51. The molecular weight excluding hydrogens is 460 g/mol. The van der Waals surface area contributed by atoms with Gasteiger partial charge in [-0.05, 0) is 12.1 Å². The molecule has 2 aromatic rings. The van der Waals surface area contributed by atoms with E-state index in [1.165, 1.54) is 0 Å². The van der Waals surface area contributed by atoms with Crippen molar-refractivity contribution in [1.29, 1.82) is 0 Å². The largest absolute Gasteiger partial charge is 0.508 e. The Morgan fingerprint density at radius 3 is 2.06 bits per heavy atom. The van der Waals surface area contributed by atoms with E-state index in [1.807, 2.05) is 0 Å². The number of hydrogen-bond donors (Lipinski definition) is 10. The van der Waals surface area contributed by atoms with E-state index in [4.69, 9.17) is 14.2 Å². The summed E-state index contributed by atoms with van der Waals surface area (Å²) in [5, 5.41) is 100. The van der Waals surface area contributed by atoms with Crippen LogP contribution in [-0.4, -0.2) is 88.4 Å². The Morgan fingerprint density at radius 2 is 1.44 bits per heavy atom. The maximum atomic E-state index is 11.0. The Labute approximate surface area is 190 Å². The average Bonchev–Trinajstić information content (AvgIpc) is 2.78. The summed E-state index contributed by atoms with van der Waals surface area (Å²) < 4.78 is 16.5. The van der Waals surface area contributed by atoms with Crippen LogP contribution in [0.2, 0.25) is 0 Å². The molecule has 0 aliphatic carbocycles. The van der Waals surface area contributed by atoms with Gasteiger partial charge in [0.1, 0.15) is 41.7 Å². The maximum Gasteiger partial charge on any atom is 0.200 e. The Bertz CT molecular complexity index is 1100. The lowest BCUT2D eigenvalue weighted by Crippen LogP contribution is -2.59. The third kappa shape index (κ3) is 3.90. The Balaban J connectivity index is 1.81. The fourth-order valence-corrected chi connectivity index (χ4v) is 3.75. The van der Waals surface area contributed by atoms with Crippen LogP contribution in [0.25, 0.3) is 5.76 Å². The van der Waals surface area contributed by atoms with Crippen molar-refractivity contribution in [3.8, 4) is 34.5 Å². The van der Waals surface area contributed by atoms with Gasteiger partial charge in [0.25, 0.3) is 0 Å². The van der Waals surface area contributed by atoms with E-state index in [2.05, 4.69) is 0 Å². The van der Waals surface area contributed by atoms with Crippen molar-refractivity contribution in [1.82, 2.24) is 0 Å². The fraction of sp³-hybridized carbons (Fsp3) is 0.333. The molecule has 2 aliphatic heterocycles. The zero-order valence-electron chi connectivity index (χ0n) is 17.2. The highest BCUT2D eigenvalue weighted by Gasteiger charge is 2.47. The van der Waals surface area contributed by atoms with Crippen LogP contribution in [0.3, 0.4) is 0 Å². The summed E-state index contributed by atoms with van der Waals surface area (Å²) in [5.74, 6) is -4.78. The number of aromatic hydroxyl groups is 5. The molecule has 0 saturated carbocycles. The Morgan fingerprint density at radius 1 is 0.794 bits per heavy atom. The molecule has 2 aromatic carbocycles. The van der Waals surface area contributed by atoms with Crippen molar-refractivity contribution in [3.05, 3.63) is 41.2 Å². The van der Waals surface area contributed by atoms with Gasteiger partial charge < -0.3 is 65.3 Å². The van der Waals surface area contributed by atoms with Crippen LogP contribution in [0.4, 0.5) is 0 Å². The highest BCUT2D eigenvalue weighted by Crippen LogP contribution is 2.49. The predicted molar refractivity (Wildman–Crippen MR) is 109 cm³/mol. The second-order valence-electron chi connectivity index (χ2n) is 7.77. The first-order valence-corrected chi connectivity index (χ1v) is 9.91. The number of phenols is 5. The van der Waals surface area contributed by atoms with Crippen molar-refractivity contribution < 1.29 is 65.3 Å². The van der Waals surface area contributed by atoms with Crippen LogP contribution in [0.15, 0.2) is 30.0 Å². The molecule has 6 atom stereocenters. The first-order valence-electron chi connectivity index (χ1n) is 9.91. The lowest BCUT2D eigenvalue weighted by atomic mass is 9.97. The molecule has 0 aromatic heterocycles. The van der Waals surface area contributed by atoms with E-state index in [1.54, 1.807) is 0 Å². The first-order chi connectivity index (χ1) is 16.0. The fourth-order valence-electron chi connectivity index (χ4n) is 3.75. The minimum absolute atomic E-state index is 0.152. The molecule has 10 N–H and O–H groups in total. The van der Waals surface area contributed by atoms with Crippen LogP contribution >= 0.6 is 0 Å². The summed E-state index contributed by atoms with van der Waals surface area (Å²) in [6, 6.07) is 3.87. The molecule has 34 heavy (non-hydrogen) atoms. The third-order valence-electron chi connectivity index (χ3n) is 5.51. The van der Waals surface area contributed by atoms with Crippen molar-refractivity contribution in [2.45, 2.75) is 36.8 Å². The molecule has 0 radical (unpaired) electrons. The van der Waals surface area contributed by atoms with Crippen molar-refractivity contribution in [2.75, 3.05) is 6.61 Å². The molecule has 0 bridgehead atoms. The Hall–Kier alpha value is -3.46. The Kier molecular flexibility index (Phi) is 6.07. The SMILES string of the molecule is OC[C@H]1OC(OC2C(O)=C(c3cc(O)c(O)c(O)c3)Oc3cc(O)cc(O)c32)[C@H](O)[C@@H](O)[C@@H]1O. The molecule has 4 rings (SSSR count). The molecule has 1 saturated heterocycles. The van der Waals surface area contributed by atoms with Gasteiger partial charge in [0.15, 0.2) is 41.2 Å². The maximum absolute atomic E-state index is 11.0. The summed E-state index contributed by atoms with van der Waals surface area (Å²) in [6.45, 7) is -0.743. The van der Waals surface area contributed by atoms with Crippen molar-refractivity contribution >= 4 is 5.76 Å². The van der Waals surface area contributed by atoms with Gasteiger partial charge in [0, 0.05) is 17.7 Å². The second-order valence-corrected chi connectivity index (χ2v) is 7.77. The molecular formula is C21H22O13. The number of aliphatic hydroxyl groups excluding tert-OH is 5. The van der Waals surface area contributed by atoms with Gasteiger partial charge >= 0.3 is 0 Å². The van der Waals surface area contributed by atoms with Crippen LogP contribution in [0, 0.1) is 0 Å². The van der Waals surface area contributed by atoms with Gasteiger partial charge in [0.2, 0.25) is 0 Å². The standard InChI is InChI=1S/C21H22O13/c22-5-12-15(28)16(29)17(30)21(33-12)34-20-13-8(24)3-7(23)4-11(13)32-19(18(20)31)6-1-9(25)14(27)10(26)2-6/h1-4,12,15-17,20-31H,5H2/t12-,15-,16+,17-,20?,21?/m1/s1. The summed E-state index contributed by atoms with van der Waals surface area (Å²) >= 11 is 0. The van der Waals surface area contributed by atoms with Gasteiger partial charge in [0.05, 0.1) is 12.2 Å². The highest BCUT2D eigenvalue weighted by atomic mass is 16.7. The van der Waals surface area contributed by atoms with Crippen molar-refractivity contribution in [2.24, 2.45) is 0 Å². The minimum atomic E-state index is -1.85. The van der Waals surface area contributed by atoms with Crippen molar-refractivity contribution in [3.63, 3.8) is 0 Å². The smallest absolute Gasteiger partial charge is 0.200 e. The highest BCUT2D eigenvalue weighted by molar-refractivity contribution is 5.73. The van der Waals surface area contributed by atoms with E-state index in [0.29, 0.717) is 0 Å². The predicted octanol–water partition coefficient (Wildman–Crippen LogP) is -0.609. The molecule has 2 aliphatic rings.